The first-order chi connectivity index (χ1) is 21.6. The van der Waals surface area contributed by atoms with Gasteiger partial charge in [0, 0.05) is 39.2 Å². The van der Waals surface area contributed by atoms with Crippen molar-refractivity contribution < 1.29 is 28.3 Å². The fourth-order valence-electron chi connectivity index (χ4n) is 4.31. The van der Waals surface area contributed by atoms with Crippen molar-refractivity contribution in [2.75, 3.05) is 7.11 Å². The summed E-state index contributed by atoms with van der Waals surface area (Å²) in [6.45, 7) is 4.25. The molecule has 0 fully saturated rings. The van der Waals surface area contributed by atoms with E-state index in [-0.39, 0.29) is 29.7 Å². The summed E-state index contributed by atoms with van der Waals surface area (Å²) in [4.78, 5) is 26.9. The zero-order valence-electron chi connectivity index (χ0n) is 24.1. The SMILES string of the molecule is COc1cc(/C=N/NC(=O)c2ccc(COc3ccc(-n4c(C)ccc4C)cc3)o2)c(Br)c(Br)c1Oc1ccc([N+](=O)[O-])cn1. The highest BCUT2D eigenvalue weighted by Gasteiger charge is 2.19. The number of amides is 1. The van der Waals surface area contributed by atoms with E-state index >= 15 is 0 Å². The lowest BCUT2D eigenvalue weighted by atomic mass is 10.2. The Morgan fingerprint density at radius 3 is 2.44 bits per heavy atom. The summed E-state index contributed by atoms with van der Waals surface area (Å²) in [5.74, 6) is 1.37. The number of hydrazone groups is 1. The third-order valence-electron chi connectivity index (χ3n) is 6.52. The van der Waals surface area contributed by atoms with E-state index in [1.165, 1.54) is 31.5 Å². The van der Waals surface area contributed by atoms with Gasteiger partial charge in [0.2, 0.25) is 5.88 Å². The number of pyridine rings is 1. The lowest BCUT2D eigenvalue weighted by Gasteiger charge is -2.14. The number of furan rings is 1. The number of carbonyl (C=O) groups is 1. The van der Waals surface area contributed by atoms with E-state index in [9.17, 15) is 14.9 Å². The number of hydrogen-bond donors (Lipinski definition) is 1. The van der Waals surface area contributed by atoms with Gasteiger partial charge < -0.3 is 23.2 Å². The van der Waals surface area contributed by atoms with Crippen LogP contribution in [-0.4, -0.2) is 33.7 Å². The fraction of sp³-hybridized carbons (Fsp3) is 0.129. The molecule has 230 valence electrons. The molecule has 5 aromatic rings. The number of nitrogens with zero attached hydrogens (tertiary/aromatic N) is 4. The minimum Gasteiger partial charge on any atom is -0.493 e. The summed E-state index contributed by atoms with van der Waals surface area (Å²) in [5, 5.41) is 14.9. The molecule has 0 saturated carbocycles. The highest BCUT2D eigenvalue weighted by molar-refractivity contribution is 9.13. The second-order valence-corrected chi connectivity index (χ2v) is 11.1. The first kappa shape index (κ1) is 31.5. The Balaban J connectivity index is 1.19. The van der Waals surface area contributed by atoms with Crippen LogP contribution < -0.4 is 19.6 Å². The molecule has 0 aliphatic rings. The van der Waals surface area contributed by atoms with Gasteiger partial charge in [-0.2, -0.15) is 5.10 Å². The van der Waals surface area contributed by atoms with Crippen LogP contribution in [0.25, 0.3) is 5.69 Å². The number of hydrogen-bond acceptors (Lipinski definition) is 9. The van der Waals surface area contributed by atoms with Gasteiger partial charge in [0.1, 0.15) is 24.3 Å². The highest BCUT2D eigenvalue weighted by atomic mass is 79.9. The zero-order valence-corrected chi connectivity index (χ0v) is 27.3. The van der Waals surface area contributed by atoms with E-state index in [4.69, 9.17) is 18.6 Å². The maximum atomic E-state index is 12.6. The van der Waals surface area contributed by atoms with Crippen molar-refractivity contribution in [2.45, 2.75) is 20.5 Å². The minimum absolute atomic E-state index is 0.0665. The summed E-state index contributed by atoms with van der Waals surface area (Å²) in [6.07, 6.45) is 2.51. The Morgan fingerprint density at radius 1 is 1.07 bits per heavy atom. The van der Waals surface area contributed by atoms with Crippen molar-refractivity contribution in [1.82, 2.24) is 15.0 Å². The van der Waals surface area contributed by atoms with Crippen LogP contribution in [0, 0.1) is 24.0 Å². The summed E-state index contributed by atoms with van der Waals surface area (Å²) in [7, 11) is 1.45. The first-order valence-corrected chi connectivity index (χ1v) is 14.9. The molecule has 14 heteroatoms. The normalized spacial score (nSPS) is 11.0. The molecule has 12 nitrogen and oxygen atoms in total. The number of nitrogens with one attached hydrogen (secondary N) is 1. The van der Waals surface area contributed by atoms with Gasteiger partial charge in [-0.1, -0.05) is 0 Å². The third kappa shape index (κ3) is 7.24. The van der Waals surface area contributed by atoms with Gasteiger partial charge in [-0.15, -0.1) is 0 Å². The number of nitro groups is 1. The maximum absolute atomic E-state index is 12.6. The molecule has 5 rings (SSSR count). The van der Waals surface area contributed by atoms with Crippen molar-refractivity contribution in [3.63, 3.8) is 0 Å². The van der Waals surface area contributed by atoms with Crippen LogP contribution in [-0.2, 0) is 6.61 Å². The van der Waals surface area contributed by atoms with Gasteiger partial charge >= 0.3 is 5.91 Å². The smallest absolute Gasteiger partial charge is 0.307 e. The second-order valence-electron chi connectivity index (χ2n) is 9.54. The summed E-state index contributed by atoms with van der Waals surface area (Å²) >= 11 is 6.94. The van der Waals surface area contributed by atoms with Crippen molar-refractivity contribution in [3.8, 4) is 28.8 Å². The molecule has 0 unspecified atom stereocenters. The molecule has 45 heavy (non-hydrogen) atoms. The quantitative estimate of drug-likeness (QED) is 0.0827. The molecular formula is C31H25Br2N5O7. The number of methoxy groups -OCH3 is 1. The van der Waals surface area contributed by atoms with Crippen LogP contribution in [0.3, 0.4) is 0 Å². The molecule has 0 atom stereocenters. The van der Waals surface area contributed by atoms with Crippen molar-refractivity contribution in [1.29, 1.82) is 0 Å². The molecule has 0 bridgehead atoms. The average Bonchev–Trinajstić information content (AvgIpc) is 3.65. The fourth-order valence-corrected chi connectivity index (χ4v) is 5.21. The van der Waals surface area contributed by atoms with E-state index in [2.05, 4.69) is 77.9 Å². The molecule has 1 N–H and O–H groups in total. The van der Waals surface area contributed by atoms with Crippen LogP contribution in [0.5, 0.6) is 23.1 Å². The molecule has 1 amide bonds. The number of aromatic nitrogens is 2. The lowest BCUT2D eigenvalue weighted by molar-refractivity contribution is -0.385. The molecule has 3 aromatic heterocycles. The van der Waals surface area contributed by atoms with Gasteiger partial charge in [0.25, 0.3) is 5.69 Å². The highest BCUT2D eigenvalue weighted by Crippen LogP contribution is 2.44. The summed E-state index contributed by atoms with van der Waals surface area (Å²) in [5.41, 5.74) is 6.16. The molecule has 0 aliphatic heterocycles. The molecule has 3 heterocycles. The number of benzene rings is 2. The lowest BCUT2D eigenvalue weighted by Crippen LogP contribution is -2.16. The number of aryl methyl sites for hydroxylation is 2. The summed E-state index contributed by atoms with van der Waals surface area (Å²) in [6, 6.07) is 19.4. The van der Waals surface area contributed by atoms with Gasteiger partial charge in [-0.25, -0.2) is 10.4 Å². The molecular weight excluding hydrogens is 714 g/mol. The molecule has 0 spiro atoms. The van der Waals surface area contributed by atoms with E-state index < -0.39 is 10.8 Å². The Kier molecular flexibility index (Phi) is 9.64. The van der Waals surface area contributed by atoms with Gasteiger partial charge in [0.15, 0.2) is 17.3 Å². The van der Waals surface area contributed by atoms with Gasteiger partial charge in [-0.05, 0) is 100 Å². The van der Waals surface area contributed by atoms with Gasteiger partial charge in [0.05, 0.1) is 22.7 Å². The Hall–Kier alpha value is -4.95. The van der Waals surface area contributed by atoms with Crippen LogP contribution in [0.1, 0.15) is 33.3 Å². The Bertz CT molecular complexity index is 1860. The largest absolute Gasteiger partial charge is 0.493 e. The number of ether oxygens (including phenoxy) is 3. The first-order valence-electron chi connectivity index (χ1n) is 13.3. The standard InChI is InChI=1S/C31H25Br2N5O7/c1-18-4-5-19(2)37(18)21-6-9-23(10-7-21)43-17-24-11-12-25(44-24)31(39)36-35-15-20-14-26(42-3)30(29(33)28(20)32)45-27-13-8-22(16-34-27)38(40)41/h4-16H,17H2,1-3H3,(H,36,39)/b35-15+. The van der Waals surface area contributed by atoms with E-state index in [0.29, 0.717) is 31.8 Å². The molecule has 2 aromatic carbocycles. The van der Waals surface area contributed by atoms with Crippen LogP contribution in [0.15, 0.2) is 91.4 Å². The predicted octanol–water partition coefficient (Wildman–Crippen LogP) is 7.66. The topological polar surface area (TPSA) is 143 Å². The van der Waals surface area contributed by atoms with E-state index in [1.54, 1.807) is 12.1 Å². The second kappa shape index (κ2) is 13.8. The maximum Gasteiger partial charge on any atom is 0.307 e. The molecule has 0 saturated heterocycles. The van der Waals surface area contributed by atoms with Crippen molar-refractivity contribution >= 4 is 49.7 Å². The van der Waals surface area contributed by atoms with Crippen LogP contribution >= 0.6 is 31.9 Å². The average molecular weight is 739 g/mol. The molecule has 0 aliphatic carbocycles. The Morgan fingerprint density at radius 2 is 1.80 bits per heavy atom. The monoisotopic (exact) mass is 737 g/mol. The zero-order chi connectivity index (χ0) is 32.1. The minimum atomic E-state index is -0.552. The number of halogens is 2. The van der Waals surface area contributed by atoms with Crippen molar-refractivity contribution in [3.05, 3.63) is 120 Å². The third-order valence-corrected chi connectivity index (χ3v) is 8.66. The Labute approximate surface area is 274 Å². The van der Waals surface area contributed by atoms with Crippen LogP contribution in [0.4, 0.5) is 5.69 Å². The number of rotatable bonds is 11. The van der Waals surface area contributed by atoms with E-state index in [0.717, 1.165) is 23.3 Å². The summed E-state index contributed by atoms with van der Waals surface area (Å²) < 4.78 is 25.9. The van der Waals surface area contributed by atoms with Crippen molar-refractivity contribution in [2.24, 2.45) is 5.10 Å². The molecule has 0 radical (unpaired) electrons. The number of carbonyl (C=O) groups excluding carboxylic acids is 1. The van der Waals surface area contributed by atoms with Crippen LogP contribution in [0.2, 0.25) is 0 Å². The predicted molar refractivity (Wildman–Crippen MR) is 173 cm³/mol. The van der Waals surface area contributed by atoms with E-state index in [1.807, 2.05) is 24.3 Å². The van der Waals surface area contributed by atoms with Gasteiger partial charge in [-0.3, -0.25) is 14.9 Å².